The fourth-order valence-electron chi connectivity index (χ4n) is 2.59. The Morgan fingerprint density at radius 3 is 1.92 bits per heavy atom. The minimum Gasteiger partial charge on any atom is -0.353 e. The van der Waals surface area contributed by atoms with Crippen LogP contribution < -0.4 is 0 Å². The summed E-state index contributed by atoms with van der Waals surface area (Å²) < 4.78 is 0. The molecule has 2 aliphatic heterocycles. The largest absolute Gasteiger partial charge is 0.353 e. The van der Waals surface area contributed by atoms with Crippen LogP contribution >= 0.6 is 0 Å². The van der Waals surface area contributed by atoms with Crippen molar-refractivity contribution in [1.82, 2.24) is 9.71 Å². The van der Waals surface area contributed by atoms with Crippen molar-refractivity contribution in [3.05, 3.63) is 0 Å². The van der Waals surface area contributed by atoms with Crippen molar-refractivity contribution in [2.75, 3.05) is 33.2 Å². The Kier molecular flexibility index (Phi) is 2.66. The predicted octanol–water partition coefficient (Wildman–Crippen LogP) is 0.878. The molecule has 2 heterocycles. The van der Waals surface area contributed by atoms with Crippen LogP contribution in [0.15, 0.2) is 0 Å². The molecule has 0 aromatic heterocycles. The molecule has 2 rings (SSSR count). The molecule has 2 fully saturated rings. The lowest BCUT2D eigenvalue weighted by Gasteiger charge is -2.45. The van der Waals surface area contributed by atoms with E-state index in [-0.39, 0.29) is 0 Å². The van der Waals surface area contributed by atoms with E-state index in [0.29, 0.717) is 5.41 Å². The Morgan fingerprint density at radius 2 is 1.38 bits per heavy atom. The maximum Gasteiger partial charge on any atom is 0.182 e. The standard InChI is InChI=1S/C10H19BN2/c1-12-6-2-10(3-7-12)4-8-13(11)9-5-10/h2-9H2,1H3. The van der Waals surface area contributed by atoms with Crippen LogP contribution in [0.4, 0.5) is 0 Å². The Morgan fingerprint density at radius 1 is 0.923 bits per heavy atom. The Balaban J connectivity index is 1.90. The van der Waals surface area contributed by atoms with Gasteiger partial charge in [0, 0.05) is 0 Å². The minimum absolute atomic E-state index is 0.655. The second kappa shape index (κ2) is 3.62. The first-order chi connectivity index (χ1) is 6.20. The van der Waals surface area contributed by atoms with E-state index in [2.05, 4.69) is 11.9 Å². The molecule has 3 heteroatoms. The lowest BCUT2D eigenvalue weighted by molar-refractivity contribution is 0.0675. The molecule has 0 bridgehead atoms. The van der Waals surface area contributed by atoms with Crippen LogP contribution in [-0.2, 0) is 0 Å². The van der Waals surface area contributed by atoms with Gasteiger partial charge in [-0.15, -0.1) is 0 Å². The average Bonchev–Trinajstić information content (AvgIpc) is 2.16. The molecule has 1 spiro atoms. The van der Waals surface area contributed by atoms with E-state index in [1.807, 2.05) is 4.81 Å². The summed E-state index contributed by atoms with van der Waals surface area (Å²) in [5.41, 5.74) is 0.655. The van der Waals surface area contributed by atoms with Gasteiger partial charge in [0.1, 0.15) is 0 Å². The predicted molar refractivity (Wildman–Crippen MR) is 55.7 cm³/mol. The zero-order valence-electron chi connectivity index (χ0n) is 8.63. The van der Waals surface area contributed by atoms with Crippen LogP contribution in [-0.4, -0.2) is 50.9 Å². The van der Waals surface area contributed by atoms with Crippen LogP contribution in [0.25, 0.3) is 0 Å². The molecule has 0 unspecified atom stereocenters. The summed E-state index contributed by atoms with van der Waals surface area (Å²) >= 11 is 0. The van der Waals surface area contributed by atoms with Crippen LogP contribution in [0.1, 0.15) is 25.7 Å². The minimum atomic E-state index is 0.655. The third-order valence-corrected chi connectivity index (χ3v) is 3.91. The third kappa shape index (κ3) is 2.08. The summed E-state index contributed by atoms with van der Waals surface area (Å²) in [5, 5.41) is 0. The molecule has 2 aliphatic rings. The van der Waals surface area contributed by atoms with Gasteiger partial charge in [-0.25, -0.2) is 0 Å². The van der Waals surface area contributed by atoms with E-state index in [1.54, 1.807) is 0 Å². The van der Waals surface area contributed by atoms with Gasteiger partial charge in [0.25, 0.3) is 0 Å². The zero-order chi connectivity index (χ0) is 9.31. The first-order valence-electron chi connectivity index (χ1n) is 5.38. The molecule has 13 heavy (non-hydrogen) atoms. The molecule has 0 saturated carbocycles. The molecule has 0 N–H and O–H groups in total. The van der Waals surface area contributed by atoms with Crippen molar-refractivity contribution in [2.45, 2.75) is 25.7 Å². The fourth-order valence-corrected chi connectivity index (χ4v) is 2.59. The zero-order valence-corrected chi connectivity index (χ0v) is 8.63. The molecule has 0 amide bonds. The smallest absolute Gasteiger partial charge is 0.182 e. The second-order valence-corrected chi connectivity index (χ2v) is 4.84. The van der Waals surface area contributed by atoms with Crippen LogP contribution in [0.2, 0.25) is 0 Å². The molecule has 72 valence electrons. The van der Waals surface area contributed by atoms with Crippen molar-refractivity contribution in [3.63, 3.8) is 0 Å². The number of rotatable bonds is 0. The lowest BCUT2D eigenvalue weighted by Crippen LogP contribution is -2.45. The van der Waals surface area contributed by atoms with Gasteiger partial charge in [-0.2, -0.15) is 0 Å². The van der Waals surface area contributed by atoms with Crippen LogP contribution in [0.5, 0.6) is 0 Å². The molecule has 0 atom stereocenters. The molecular formula is C10H19BN2. The van der Waals surface area contributed by atoms with Gasteiger partial charge < -0.3 is 9.71 Å². The van der Waals surface area contributed by atoms with Crippen molar-refractivity contribution < 1.29 is 0 Å². The van der Waals surface area contributed by atoms with Gasteiger partial charge in [0.2, 0.25) is 0 Å². The van der Waals surface area contributed by atoms with Crippen LogP contribution in [0.3, 0.4) is 0 Å². The van der Waals surface area contributed by atoms with E-state index in [0.717, 1.165) is 13.1 Å². The molecule has 2 radical (unpaired) electrons. The SMILES string of the molecule is [B]N1CCC2(CC1)CCN(C)CC2. The van der Waals surface area contributed by atoms with Gasteiger partial charge >= 0.3 is 0 Å². The molecule has 0 aromatic carbocycles. The number of piperidine rings is 2. The molecule has 0 aliphatic carbocycles. The Hall–Kier alpha value is -0.0151. The van der Waals surface area contributed by atoms with Crippen molar-refractivity contribution in [2.24, 2.45) is 5.41 Å². The van der Waals surface area contributed by atoms with E-state index >= 15 is 0 Å². The fraction of sp³-hybridized carbons (Fsp3) is 1.00. The summed E-state index contributed by atoms with van der Waals surface area (Å²) in [7, 11) is 8.00. The van der Waals surface area contributed by atoms with Gasteiger partial charge in [-0.05, 0) is 64.3 Å². The van der Waals surface area contributed by atoms with Crippen molar-refractivity contribution in [3.8, 4) is 0 Å². The summed E-state index contributed by atoms with van der Waals surface area (Å²) in [6.07, 6.45) is 5.41. The summed E-state index contributed by atoms with van der Waals surface area (Å²) in [6, 6.07) is 0. The number of hydrogen-bond acceptors (Lipinski definition) is 2. The molecule has 0 aromatic rings. The average molecular weight is 178 g/mol. The number of likely N-dealkylation sites (tertiary alicyclic amines) is 1. The van der Waals surface area contributed by atoms with Gasteiger partial charge in [0.15, 0.2) is 7.98 Å². The van der Waals surface area contributed by atoms with Gasteiger partial charge in [-0.1, -0.05) is 0 Å². The third-order valence-electron chi connectivity index (χ3n) is 3.91. The van der Waals surface area contributed by atoms with Gasteiger partial charge in [0.05, 0.1) is 0 Å². The number of nitrogens with zero attached hydrogens (tertiary/aromatic N) is 2. The lowest BCUT2D eigenvalue weighted by atomic mass is 9.71. The van der Waals surface area contributed by atoms with Crippen molar-refractivity contribution in [1.29, 1.82) is 0 Å². The van der Waals surface area contributed by atoms with Crippen molar-refractivity contribution >= 4 is 7.98 Å². The van der Waals surface area contributed by atoms with Crippen LogP contribution in [0, 0.1) is 5.41 Å². The highest BCUT2D eigenvalue weighted by molar-refractivity contribution is 6.04. The highest BCUT2D eigenvalue weighted by Crippen LogP contribution is 2.40. The first kappa shape index (κ1) is 9.54. The second-order valence-electron chi connectivity index (χ2n) is 4.84. The van der Waals surface area contributed by atoms with E-state index in [1.165, 1.54) is 38.8 Å². The Labute approximate surface area is 82.7 Å². The topological polar surface area (TPSA) is 6.48 Å². The molecular weight excluding hydrogens is 159 g/mol. The summed E-state index contributed by atoms with van der Waals surface area (Å²) in [5.74, 6) is 0. The monoisotopic (exact) mass is 178 g/mol. The van der Waals surface area contributed by atoms with E-state index in [9.17, 15) is 0 Å². The summed E-state index contributed by atoms with van der Waals surface area (Å²) in [6.45, 7) is 4.77. The highest BCUT2D eigenvalue weighted by atomic mass is 15.1. The van der Waals surface area contributed by atoms with Gasteiger partial charge in [-0.3, -0.25) is 0 Å². The highest BCUT2D eigenvalue weighted by Gasteiger charge is 2.35. The normalized spacial score (nSPS) is 30.8. The maximum atomic E-state index is 5.77. The Bertz CT molecular complexity index is 144. The first-order valence-corrected chi connectivity index (χ1v) is 5.38. The van der Waals surface area contributed by atoms with E-state index in [4.69, 9.17) is 7.98 Å². The molecule has 2 nitrogen and oxygen atoms in total. The quantitative estimate of drug-likeness (QED) is 0.508. The summed E-state index contributed by atoms with van der Waals surface area (Å²) in [4.78, 5) is 4.42. The maximum absolute atomic E-state index is 5.77. The number of hydrogen-bond donors (Lipinski definition) is 0. The van der Waals surface area contributed by atoms with E-state index < -0.39 is 0 Å². The molecule has 2 saturated heterocycles.